The number of aliphatic hydroxyl groups is 2. The number of ether oxygens (including phenoxy) is 1. The van der Waals surface area contributed by atoms with E-state index in [4.69, 9.17) is 14.9 Å². The highest BCUT2D eigenvalue weighted by atomic mass is 16.5. The lowest BCUT2D eigenvalue weighted by Gasteiger charge is -2.06. The van der Waals surface area contributed by atoms with Gasteiger partial charge in [-0.05, 0) is 26.7 Å². The molecule has 0 heterocycles. The Morgan fingerprint density at radius 3 is 1.64 bits per heavy atom. The summed E-state index contributed by atoms with van der Waals surface area (Å²) in [6.07, 6.45) is 0.752. The maximum absolute atomic E-state index is 8.83. The van der Waals surface area contributed by atoms with Gasteiger partial charge in [0, 0.05) is 13.2 Å². The Kier molecular flexibility index (Phi) is 6.51. The van der Waals surface area contributed by atoms with Crippen LogP contribution >= 0.6 is 0 Å². The quantitative estimate of drug-likeness (QED) is 0.561. The lowest BCUT2D eigenvalue weighted by atomic mass is 10.3. The zero-order valence-corrected chi connectivity index (χ0v) is 7.29. The largest absolute Gasteiger partial charge is 0.393 e. The molecule has 0 bridgehead atoms. The summed E-state index contributed by atoms with van der Waals surface area (Å²) < 4.78 is 5.14. The van der Waals surface area contributed by atoms with Crippen LogP contribution in [0.4, 0.5) is 0 Å². The minimum Gasteiger partial charge on any atom is -0.393 e. The molecule has 0 amide bonds. The van der Waals surface area contributed by atoms with Gasteiger partial charge in [-0.15, -0.1) is 0 Å². The topological polar surface area (TPSA) is 49.7 Å². The van der Waals surface area contributed by atoms with E-state index in [1.54, 1.807) is 13.8 Å². The number of aliphatic hydroxyl groups excluding tert-OH is 2. The fourth-order valence-corrected chi connectivity index (χ4v) is 0.610. The van der Waals surface area contributed by atoms with Crippen molar-refractivity contribution in [2.75, 3.05) is 13.2 Å². The maximum atomic E-state index is 8.83. The van der Waals surface area contributed by atoms with Crippen LogP contribution in [0.5, 0.6) is 0 Å². The van der Waals surface area contributed by atoms with Gasteiger partial charge in [-0.1, -0.05) is 0 Å². The first-order chi connectivity index (χ1) is 5.13. The lowest BCUT2D eigenvalue weighted by Crippen LogP contribution is -2.09. The van der Waals surface area contributed by atoms with E-state index in [1.807, 2.05) is 0 Å². The summed E-state index contributed by atoms with van der Waals surface area (Å²) in [5.41, 5.74) is 0. The Hall–Kier alpha value is -0.120. The summed E-state index contributed by atoms with van der Waals surface area (Å²) >= 11 is 0. The van der Waals surface area contributed by atoms with Gasteiger partial charge in [-0.3, -0.25) is 0 Å². The van der Waals surface area contributed by atoms with Gasteiger partial charge in [0.2, 0.25) is 0 Å². The zero-order valence-electron chi connectivity index (χ0n) is 7.29. The van der Waals surface area contributed by atoms with E-state index in [2.05, 4.69) is 0 Å². The van der Waals surface area contributed by atoms with Crippen LogP contribution < -0.4 is 0 Å². The van der Waals surface area contributed by atoms with Gasteiger partial charge < -0.3 is 14.9 Å². The zero-order chi connectivity index (χ0) is 8.69. The molecular weight excluding hydrogens is 144 g/mol. The van der Waals surface area contributed by atoms with Crippen LogP contribution in [0.15, 0.2) is 0 Å². The predicted molar refractivity (Wildman–Crippen MR) is 43.4 cm³/mol. The summed E-state index contributed by atoms with van der Waals surface area (Å²) in [4.78, 5) is 0. The molecule has 0 fully saturated rings. The Balaban J connectivity index is 2.91. The summed E-state index contributed by atoms with van der Waals surface area (Å²) in [5.74, 6) is 0. The van der Waals surface area contributed by atoms with Crippen LogP contribution in [0.3, 0.4) is 0 Å². The minimum atomic E-state index is -0.290. The van der Waals surface area contributed by atoms with Crippen LogP contribution in [-0.2, 0) is 4.74 Å². The molecule has 0 aliphatic rings. The molecule has 2 unspecified atom stereocenters. The van der Waals surface area contributed by atoms with Crippen LogP contribution in [0.2, 0.25) is 0 Å². The third-order valence-corrected chi connectivity index (χ3v) is 1.36. The smallest absolute Gasteiger partial charge is 0.0534 e. The average molecular weight is 162 g/mol. The van der Waals surface area contributed by atoms with Crippen molar-refractivity contribution in [3.8, 4) is 0 Å². The second-order valence-corrected chi connectivity index (χ2v) is 2.89. The Morgan fingerprint density at radius 1 is 1.00 bits per heavy atom. The van der Waals surface area contributed by atoms with Gasteiger partial charge in [0.05, 0.1) is 12.2 Å². The normalized spacial score (nSPS) is 16.4. The van der Waals surface area contributed by atoms with Crippen molar-refractivity contribution in [3.63, 3.8) is 0 Å². The molecular formula is C8H18O3. The predicted octanol–water partition coefficient (Wildman–Crippen LogP) is 0.545. The number of hydrogen-bond donors (Lipinski definition) is 2. The molecule has 3 nitrogen and oxygen atoms in total. The summed E-state index contributed by atoms with van der Waals surface area (Å²) in [5, 5.41) is 17.7. The molecule has 0 saturated carbocycles. The number of rotatable bonds is 6. The molecule has 0 radical (unpaired) electrons. The molecule has 2 N–H and O–H groups in total. The number of hydrogen-bond acceptors (Lipinski definition) is 3. The van der Waals surface area contributed by atoms with E-state index in [1.165, 1.54) is 0 Å². The molecule has 0 rings (SSSR count). The average Bonchev–Trinajstić information content (AvgIpc) is 1.85. The van der Waals surface area contributed by atoms with Crippen LogP contribution in [0.1, 0.15) is 26.7 Å². The van der Waals surface area contributed by atoms with Crippen molar-refractivity contribution >= 4 is 0 Å². The molecule has 0 spiro atoms. The van der Waals surface area contributed by atoms with Crippen molar-refractivity contribution in [2.45, 2.75) is 38.9 Å². The third kappa shape index (κ3) is 9.88. The molecule has 3 heteroatoms. The van der Waals surface area contributed by atoms with E-state index in [0.29, 0.717) is 26.1 Å². The Labute approximate surface area is 68.0 Å². The summed E-state index contributed by atoms with van der Waals surface area (Å²) in [7, 11) is 0. The monoisotopic (exact) mass is 162 g/mol. The van der Waals surface area contributed by atoms with Crippen LogP contribution in [0.25, 0.3) is 0 Å². The van der Waals surface area contributed by atoms with Gasteiger partial charge in [-0.25, -0.2) is 0 Å². The van der Waals surface area contributed by atoms with Gasteiger partial charge in [0.1, 0.15) is 0 Å². The molecule has 0 aromatic heterocycles. The van der Waals surface area contributed by atoms with Gasteiger partial charge >= 0.3 is 0 Å². The van der Waals surface area contributed by atoms with Gasteiger partial charge in [0.25, 0.3) is 0 Å². The van der Waals surface area contributed by atoms with E-state index in [-0.39, 0.29) is 12.2 Å². The van der Waals surface area contributed by atoms with Crippen molar-refractivity contribution < 1.29 is 14.9 Å². The Bertz CT molecular complexity index is 71.4. The standard InChI is InChI=1S/C8H18O3/c1-7(9)3-5-11-6-4-8(2)10/h7-10H,3-6H2,1-2H3. The SMILES string of the molecule is CC(O)CCOCCC(C)O. The van der Waals surface area contributed by atoms with E-state index in [9.17, 15) is 0 Å². The van der Waals surface area contributed by atoms with Crippen LogP contribution in [0, 0.1) is 0 Å². The molecule has 0 saturated heterocycles. The van der Waals surface area contributed by atoms with Gasteiger partial charge in [0.15, 0.2) is 0 Å². The molecule has 11 heavy (non-hydrogen) atoms. The van der Waals surface area contributed by atoms with E-state index >= 15 is 0 Å². The Morgan fingerprint density at radius 2 is 1.36 bits per heavy atom. The fraction of sp³-hybridized carbons (Fsp3) is 1.00. The molecule has 0 aromatic carbocycles. The second-order valence-electron chi connectivity index (χ2n) is 2.89. The fourth-order valence-electron chi connectivity index (χ4n) is 0.610. The van der Waals surface area contributed by atoms with E-state index in [0.717, 1.165) is 0 Å². The molecule has 0 aliphatic heterocycles. The summed E-state index contributed by atoms with van der Waals surface area (Å²) in [6.45, 7) is 4.62. The minimum absolute atomic E-state index is 0.290. The molecule has 68 valence electrons. The van der Waals surface area contributed by atoms with Crippen molar-refractivity contribution in [2.24, 2.45) is 0 Å². The van der Waals surface area contributed by atoms with Crippen molar-refractivity contribution in [1.82, 2.24) is 0 Å². The highest BCUT2D eigenvalue weighted by Gasteiger charge is 1.97. The lowest BCUT2D eigenvalue weighted by molar-refractivity contribution is 0.0659. The summed E-state index contributed by atoms with van der Waals surface area (Å²) in [6, 6.07) is 0. The first-order valence-corrected chi connectivity index (χ1v) is 4.06. The highest BCUT2D eigenvalue weighted by Crippen LogP contribution is 1.93. The van der Waals surface area contributed by atoms with Gasteiger partial charge in [-0.2, -0.15) is 0 Å². The van der Waals surface area contributed by atoms with Crippen molar-refractivity contribution in [3.05, 3.63) is 0 Å². The van der Waals surface area contributed by atoms with E-state index < -0.39 is 0 Å². The molecule has 0 aromatic rings. The second kappa shape index (κ2) is 6.58. The first-order valence-electron chi connectivity index (χ1n) is 4.06. The van der Waals surface area contributed by atoms with Crippen LogP contribution in [-0.4, -0.2) is 35.6 Å². The highest BCUT2D eigenvalue weighted by molar-refractivity contribution is 4.47. The maximum Gasteiger partial charge on any atom is 0.0534 e. The molecule has 2 atom stereocenters. The first kappa shape index (κ1) is 10.9. The molecule has 0 aliphatic carbocycles. The van der Waals surface area contributed by atoms with Crippen molar-refractivity contribution in [1.29, 1.82) is 0 Å². The third-order valence-electron chi connectivity index (χ3n) is 1.36.